The van der Waals surface area contributed by atoms with Gasteiger partial charge in [0.1, 0.15) is 23.2 Å². The standard InChI is InChI=1S/C30H40P.IO3/c1-2-3-4-5-6-7-8-9-10-20-27-31(28-21-14-11-15-22-28,29-23-16-12-17-24-29)30-25-18-13-19-26-30;2-1(3)4/h11-19,21-26H,2-10,20,27H2,1H3;/q+1;-1. The average Bonchev–Trinajstić information content (AvgIpc) is 2.89. The van der Waals surface area contributed by atoms with Crippen LogP contribution in [0.25, 0.3) is 0 Å². The van der Waals surface area contributed by atoms with E-state index in [9.17, 15) is 0 Å². The van der Waals surface area contributed by atoms with E-state index in [0.29, 0.717) is 0 Å². The van der Waals surface area contributed by atoms with Crippen LogP contribution >= 0.6 is 7.26 Å². The highest BCUT2D eigenvalue weighted by molar-refractivity contribution is 7.95. The topological polar surface area (TPSA) is 69.2 Å². The molecule has 190 valence electrons. The van der Waals surface area contributed by atoms with Gasteiger partial charge in [0.2, 0.25) is 0 Å². The Morgan fingerprint density at radius 2 is 0.771 bits per heavy atom. The Bertz CT molecular complexity index is 792. The molecule has 0 saturated heterocycles. The molecule has 3 aromatic rings. The largest absolute Gasteiger partial charge is 0.427 e. The van der Waals surface area contributed by atoms with E-state index in [4.69, 9.17) is 10.3 Å². The van der Waals surface area contributed by atoms with Gasteiger partial charge >= 0.3 is 0 Å². The third-order valence-electron chi connectivity index (χ3n) is 6.44. The zero-order valence-electron chi connectivity index (χ0n) is 21.0. The van der Waals surface area contributed by atoms with Crippen LogP contribution in [-0.4, -0.2) is 6.16 Å². The van der Waals surface area contributed by atoms with Crippen LogP contribution in [-0.2, 0) is 0 Å². The highest BCUT2D eigenvalue weighted by Gasteiger charge is 2.44. The molecule has 35 heavy (non-hydrogen) atoms. The predicted octanol–water partition coefficient (Wildman–Crippen LogP) is 1.34. The molecule has 0 fully saturated rings. The van der Waals surface area contributed by atoms with Crippen LogP contribution in [0.1, 0.15) is 71.1 Å². The molecule has 0 atom stereocenters. The van der Waals surface area contributed by atoms with Gasteiger partial charge in [0.15, 0.2) is 0 Å². The summed E-state index contributed by atoms with van der Waals surface area (Å²) >= 11 is -4.01. The van der Waals surface area contributed by atoms with Gasteiger partial charge in [0.05, 0.1) is 6.16 Å². The highest BCUT2D eigenvalue weighted by Crippen LogP contribution is 2.55. The lowest BCUT2D eigenvalue weighted by atomic mass is 10.1. The lowest BCUT2D eigenvalue weighted by molar-refractivity contribution is -1.73. The molecule has 0 saturated carbocycles. The van der Waals surface area contributed by atoms with Gasteiger partial charge < -0.3 is 10.3 Å². The van der Waals surface area contributed by atoms with Gasteiger partial charge in [-0.05, 0) is 49.2 Å². The van der Waals surface area contributed by atoms with Crippen molar-refractivity contribution < 1.29 is 31.4 Å². The molecule has 3 aromatic carbocycles. The molecule has 0 radical (unpaired) electrons. The summed E-state index contributed by atoms with van der Waals surface area (Å²) in [5.74, 6) is 0. The van der Waals surface area contributed by atoms with Crippen LogP contribution in [0.3, 0.4) is 0 Å². The van der Waals surface area contributed by atoms with Crippen LogP contribution in [0.15, 0.2) is 91.0 Å². The summed E-state index contributed by atoms with van der Waals surface area (Å²) in [6.45, 7) is 2.29. The van der Waals surface area contributed by atoms with Crippen molar-refractivity contribution in [2.45, 2.75) is 71.1 Å². The van der Waals surface area contributed by atoms with Crippen LogP contribution in [0.5, 0.6) is 0 Å². The van der Waals surface area contributed by atoms with Gasteiger partial charge in [-0.1, -0.05) is 113 Å². The molecule has 0 spiro atoms. The Balaban J connectivity index is 0.00000100. The summed E-state index contributed by atoms with van der Waals surface area (Å²) in [7, 11) is -1.63. The van der Waals surface area contributed by atoms with E-state index in [1.807, 2.05) is 0 Å². The smallest absolute Gasteiger partial charge is 0.282 e. The fourth-order valence-electron chi connectivity index (χ4n) is 4.72. The molecule has 5 heteroatoms. The van der Waals surface area contributed by atoms with Gasteiger partial charge in [-0.3, -0.25) is 0 Å². The lowest BCUT2D eigenvalue weighted by Gasteiger charge is -2.27. The first-order valence-electron chi connectivity index (χ1n) is 12.9. The van der Waals surface area contributed by atoms with Gasteiger partial charge in [-0.2, -0.15) is 0 Å². The Morgan fingerprint density at radius 1 is 0.486 bits per heavy atom. The third kappa shape index (κ3) is 10.7. The van der Waals surface area contributed by atoms with Crippen molar-refractivity contribution >= 4 is 23.2 Å². The normalized spacial score (nSPS) is 11.2. The monoisotopic (exact) mass is 606 g/mol. The quantitative estimate of drug-likeness (QED) is 0.158. The molecular weight excluding hydrogens is 566 g/mol. The highest BCUT2D eigenvalue weighted by atomic mass is 127. The Hall–Kier alpha value is -1.30. The van der Waals surface area contributed by atoms with E-state index in [-0.39, 0.29) is 0 Å². The maximum Gasteiger partial charge on any atom is 0.282 e. The zero-order chi connectivity index (χ0) is 25.2. The Kier molecular flexibility index (Phi) is 15.4. The molecule has 0 N–H and O–H groups in total. The van der Waals surface area contributed by atoms with E-state index >= 15 is 0 Å². The van der Waals surface area contributed by atoms with Crippen molar-refractivity contribution in [3.63, 3.8) is 0 Å². The maximum absolute atomic E-state index is 8.57. The van der Waals surface area contributed by atoms with E-state index in [2.05, 4.69) is 97.9 Å². The number of hydrogen-bond donors (Lipinski definition) is 0. The molecule has 0 amide bonds. The summed E-state index contributed by atoms with van der Waals surface area (Å²) in [5.41, 5.74) is 0. The van der Waals surface area contributed by atoms with E-state index in [0.717, 1.165) is 0 Å². The first kappa shape index (κ1) is 29.9. The molecular formula is C30H40IO3P. The number of hydrogen-bond acceptors (Lipinski definition) is 3. The SMILES string of the molecule is CCCCCCCCCCCC[P+](c1ccccc1)(c1ccccc1)c1ccccc1.[O-][I+2]([O-])[O-]. The fourth-order valence-corrected chi connectivity index (χ4v) is 9.13. The van der Waals surface area contributed by atoms with Crippen molar-refractivity contribution in [1.29, 1.82) is 0 Å². The van der Waals surface area contributed by atoms with Crippen molar-refractivity contribution in [2.24, 2.45) is 0 Å². The summed E-state index contributed by atoms with van der Waals surface area (Å²) in [6.07, 6.45) is 15.2. The number of benzene rings is 3. The second-order valence-electron chi connectivity index (χ2n) is 8.91. The zero-order valence-corrected chi connectivity index (χ0v) is 24.0. The molecule has 0 aliphatic carbocycles. The van der Waals surface area contributed by atoms with Gasteiger partial charge in [-0.15, -0.1) is 0 Å². The van der Waals surface area contributed by atoms with Gasteiger partial charge in [0.25, 0.3) is 21.1 Å². The predicted molar refractivity (Wildman–Crippen MR) is 142 cm³/mol. The molecule has 3 rings (SSSR count). The summed E-state index contributed by atoms with van der Waals surface area (Å²) < 4.78 is 25.7. The Labute approximate surface area is 222 Å². The third-order valence-corrected chi connectivity index (χ3v) is 11.0. The van der Waals surface area contributed by atoms with Crippen molar-refractivity contribution in [3.8, 4) is 0 Å². The van der Waals surface area contributed by atoms with Crippen molar-refractivity contribution in [1.82, 2.24) is 0 Å². The van der Waals surface area contributed by atoms with Crippen LogP contribution in [0, 0.1) is 0 Å². The molecule has 0 bridgehead atoms. The molecule has 3 nitrogen and oxygen atoms in total. The van der Waals surface area contributed by atoms with Crippen LogP contribution in [0.4, 0.5) is 0 Å². The van der Waals surface area contributed by atoms with E-state index in [1.165, 1.54) is 86.3 Å². The molecule has 0 aliphatic heterocycles. The second-order valence-corrected chi connectivity index (χ2v) is 13.6. The minimum Gasteiger partial charge on any atom is -0.427 e. The number of unbranched alkanes of at least 4 members (excludes halogenated alkanes) is 9. The molecule has 0 heterocycles. The summed E-state index contributed by atoms with van der Waals surface area (Å²) in [5, 5.41) is 4.55. The first-order chi connectivity index (χ1) is 17.1. The molecule has 0 aliphatic rings. The van der Waals surface area contributed by atoms with E-state index in [1.54, 1.807) is 0 Å². The Morgan fingerprint density at radius 3 is 1.09 bits per heavy atom. The lowest BCUT2D eigenvalue weighted by Crippen LogP contribution is -4.05. The van der Waals surface area contributed by atoms with Crippen LogP contribution < -0.4 is 47.3 Å². The van der Waals surface area contributed by atoms with Crippen molar-refractivity contribution in [3.05, 3.63) is 91.0 Å². The minimum absolute atomic E-state index is 1.27. The number of halogens is 1. The maximum atomic E-state index is 8.57. The second kappa shape index (κ2) is 18.0. The van der Waals surface area contributed by atoms with Crippen molar-refractivity contribution in [2.75, 3.05) is 6.16 Å². The minimum atomic E-state index is -4.01. The first-order valence-corrected chi connectivity index (χ1v) is 17.5. The van der Waals surface area contributed by atoms with E-state index < -0.39 is 28.3 Å². The number of rotatable bonds is 14. The molecule has 0 aromatic heterocycles. The average molecular weight is 607 g/mol. The van der Waals surface area contributed by atoms with Gasteiger partial charge in [0, 0.05) is 0 Å². The van der Waals surface area contributed by atoms with Crippen LogP contribution in [0.2, 0.25) is 0 Å². The summed E-state index contributed by atoms with van der Waals surface area (Å²) in [6, 6.07) is 33.9. The molecule has 0 unspecified atom stereocenters. The van der Waals surface area contributed by atoms with Gasteiger partial charge in [-0.25, -0.2) is 0 Å². The summed E-state index contributed by atoms with van der Waals surface area (Å²) in [4.78, 5) is 0. The fraction of sp³-hybridized carbons (Fsp3) is 0.400.